The first-order chi connectivity index (χ1) is 15.4. The standard InChI is InChI=1S/C25H23ClFNO4/c26-21-6-3-4-18(16-21)12-14-28(15-13-24(29)30)25(31)19-8-10-22(11-9-19)32-17-20-5-1-2-7-23(20)27/h1-11,16H,12-15,17H2,(H,29,30). The third-order valence-electron chi connectivity index (χ3n) is 4.90. The topological polar surface area (TPSA) is 66.8 Å². The largest absolute Gasteiger partial charge is 0.489 e. The van der Waals surface area contributed by atoms with Gasteiger partial charge in [0.2, 0.25) is 0 Å². The van der Waals surface area contributed by atoms with Crippen LogP contribution < -0.4 is 4.74 Å². The number of halogens is 2. The van der Waals surface area contributed by atoms with Crippen molar-refractivity contribution in [3.8, 4) is 5.75 Å². The molecule has 7 heteroatoms. The Kier molecular flexibility index (Phi) is 8.22. The second kappa shape index (κ2) is 11.3. The predicted molar refractivity (Wildman–Crippen MR) is 120 cm³/mol. The number of carboxylic acid groups (broad SMARTS) is 1. The Balaban J connectivity index is 1.65. The third kappa shape index (κ3) is 6.82. The Labute approximate surface area is 191 Å². The lowest BCUT2D eigenvalue weighted by molar-refractivity contribution is -0.137. The van der Waals surface area contributed by atoms with Crippen molar-refractivity contribution in [3.05, 3.63) is 100 Å². The zero-order valence-corrected chi connectivity index (χ0v) is 18.1. The fraction of sp³-hybridized carbons (Fsp3) is 0.200. The third-order valence-corrected chi connectivity index (χ3v) is 5.13. The number of carbonyl (C=O) groups is 2. The van der Waals surface area contributed by atoms with Crippen molar-refractivity contribution in [1.29, 1.82) is 0 Å². The molecule has 3 aromatic carbocycles. The van der Waals surface area contributed by atoms with Crippen LogP contribution in [0.15, 0.2) is 72.8 Å². The minimum atomic E-state index is -0.970. The van der Waals surface area contributed by atoms with E-state index >= 15 is 0 Å². The molecule has 0 saturated carbocycles. The van der Waals surface area contributed by atoms with Gasteiger partial charge in [0.15, 0.2) is 0 Å². The number of ether oxygens (including phenoxy) is 1. The highest BCUT2D eigenvalue weighted by molar-refractivity contribution is 6.30. The van der Waals surface area contributed by atoms with Crippen LogP contribution in [0.5, 0.6) is 5.75 Å². The van der Waals surface area contributed by atoms with E-state index in [9.17, 15) is 14.0 Å². The molecular weight excluding hydrogens is 433 g/mol. The van der Waals surface area contributed by atoms with Crippen molar-refractivity contribution >= 4 is 23.5 Å². The highest BCUT2D eigenvalue weighted by atomic mass is 35.5. The van der Waals surface area contributed by atoms with Gasteiger partial charge in [-0.2, -0.15) is 0 Å². The second-order valence-electron chi connectivity index (χ2n) is 7.22. The van der Waals surface area contributed by atoms with E-state index in [1.54, 1.807) is 48.5 Å². The van der Waals surface area contributed by atoms with Crippen molar-refractivity contribution in [2.24, 2.45) is 0 Å². The van der Waals surface area contributed by atoms with Gasteiger partial charge in [-0.25, -0.2) is 4.39 Å². The Hall–Kier alpha value is -3.38. The van der Waals surface area contributed by atoms with Crippen LogP contribution >= 0.6 is 11.6 Å². The maximum Gasteiger partial charge on any atom is 0.305 e. The zero-order valence-electron chi connectivity index (χ0n) is 17.3. The van der Waals surface area contributed by atoms with Crippen LogP contribution in [0, 0.1) is 5.82 Å². The van der Waals surface area contributed by atoms with Gasteiger partial charge in [0.1, 0.15) is 18.2 Å². The number of carbonyl (C=O) groups excluding carboxylic acids is 1. The molecule has 0 bridgehead atoms. The van der Waals surface area contributed by atoms with Crippen molar-refractivity contribution in [2.45, 2.75) is 19.4 Å². The van der Waals surface area contributed by atoms with Crippen molar-refractivity contribution < 1.29 is 23.8 Å². The summed E-state index contributed by atoms with van der Waals surface area (Å²) in [5.41, 5.74) is 1.82. The summed E-state index contributed by atoms with van der Waals surface area (Å²) in [6.07, 6.45) is 0.404. The summed E-state index contributed by atoms with van der Waals surface area (Å²) in [4.78, 5) is 25.6. The summed E-state index contributed by atoms with van der Waals surface area (Å²) in [5.74, 6) is -1.08. The maximum atomic E-state index is 13.7. The summed E-state index contributed by atoms with van der Waals surface area (Å²) >= 11 is 6.02. The van der Waals surface area contributed by atoms with Crippen molar-refractivity contribution in [2.75, 3.05) is 13.1 Å². The van der Waals surface area contributed by atoms with E-state index in [4.69, 9.17) is 21.4 Å². The van der Waals surface area contributed by atoms with Crippen LogP contribution in [0.25, 0.3) is 0 Å². The van der Waals surface area contributed by atoms with E-state index in [2.05, 4.69) is 0 Å². The molecule has 32 heavy (non-hydrogen) atoms. The monoisotopic (exact) mass is 455 g/mol. The van der Waals surface area contributed by atoms with Gasteiger partial charge in [0, 0.05) is 29.2 Å². The molecule has 0 aromatic heterocycles. The number of hydrogen-bond donors (Lipinski definition) is 1. The smallest absolute Gasteiger partial charge is 0.305 e. The molecule has 0 atom stereocenters. The zero-order chi connectivity index (χ0) is 22.9. The van der Waals surface area contributed by atoms with E-state index in [1.165, 1.54) is 11.0 Å². The summed E-state index contributed by atoms with van der Waals surface area (Å²) < 4.78 is 19.3. The van der Waals surface area contributed by atoms with E-state index in [0.29, 0.717) is 34.9 Å². The number of amides is 1. The van der Waals surface area contributed by atoms with Crippen LogP contribution in [-0.4, -0.2) is 35.0 Å². The van der Waals surface area contributed by atoms with Crippen LogP contribution in [0.2, 0.25) is 5.02 Å². The molecule has 3 rings (SSSR count). The maximum absolute atomic E-state index is 13.7. The summed E-state index contributed by atoms with van der Waals surface area (Å²) in [5, 5.41) is 9.65. The molecule has 0 aliphatic rings. The van der Waals surface area contributed by atoms with Gasteiger partial charge in [-0.05, 0) is 54.4 Å². The van der Waals surface area contributed by atoms with Gasteiger partial charge in [-0.3, -0.25) is 9.59 Å². The van der Waals surface area contributed by atoms with Crippen molar-refractivity contribution in [3.63, 3.8) is 0 Å². The number of benzene rings is 3. The molecule has 0 saturated heterocycles. The fourth-order valence-corrected chi connectivity index (χ4v) is 3.37. The van der Waals surface area contributed by atoms with E-state index in [-0.39, 0.29) is 31.3 Å². The van der Waals surface area contributed by atoms with Crippen LogP contribution in [0.3, 0.4) is 0 Å². The molecule has 5 nitrogen and oxygen atoms in total. The summed E-state index contributed by atoms with van der Waals surface area (Å²) in [7, 11) is 0. The number of carboxylic acids is 1. The first-order valence-electron chi connectivity index (χ1n) is 10.1. The SMILES string of the molecule is O=C(O)CCN(CCc1cccc(Cl)c1)C(=O)c1ccc(OCc2ccccc2F)cc1. The number of rotatable bonds is 10. The molecule has 0 radical (unpaired) electrons. The first-order valence-corrected chi connectivity index (χ1v) is 10.5. The highest BCUT2D eigenvalue weighted by Crippen LogP contribution is 2.18. The van der Waals surface area contributed by atoms with Gasteiger partial charge in [0.25, 0.3) is 5.91 Å². The van der Waals surface area contributed by atoms with Crippen LogP contribution in [0.4, 0.5) is 4.39 Å². The van der Waals surface area contributed by atoms with E-state index in [1.807, 2.05) is 18.2 Å². The molecule has 3 aromatic rings. The lowest BCUT2D eigenvalue weighted by atomic mass is 10.1. The Morgan fingerprint density at radius 3 is 2.41 bits per heavy atom. The van der Waals surface area contributed by atoms with Crippen LogP contribution in [0.1, 0.15) is 27.9 Å². The predicted octanol–water partition coefficient (Wildman–Crippen LogP) is 5.22. The quantitative estimate of drug-likeness (QED) is 0.455. The van der Waals surface area contributed by atoms with E-state index in [0.717, 1.165) is 5.56 Å². The molecule has 1 amide bonds. The Morgan fingerprint density at radius 2 is 1.72 bits per heavy atom. The minimum Gasteiger partial charge on any atom is -0.489 e. The lowest BCUT2D eigenvalue weighted by Crippen LogP contribution is -2.34. The Bertz CT molecular complexity index is 1070. The van der Waals surface area contributed by atoms with E-state index < -0.39 is 5.97 Å². The Morgan fingerprint density at radius 1 is 0.969 bits per heavy atom. The van der Waals surface area contributed by atoms with Gasteiger partial charge < -0.3 is 14.7 Å². The van der Waals surface area contributed by atoms with Crippen molar-refractivity contribution in [1.82, 2.24) is 4.90 Å². The number of nitrogens with zero attached hydrogens (tertiary/aromatic N) is 1. The van der Waals surface area contributed by atoms with Crippen LogP contribution in [-0.2, 0) is 17.8 Å². The average Bonchev–Trinajstić information content (AvgIpc) is 2.78. The normalized spacial score (nSPS) is 10.6. The molecule has 0 aliphatic carbocycles. The molecule has 0 fully saturated rings. The molecule has 0 heterocycles. The molecule has 0 aliphatic heterocycles. The highest BCUT2D eigenvalue weighted by Gasteiger charge is 2.17. The molecule has 0 unspecified atom stereocenters. The summed E-state index contributed by atoms with van der Waals surface area (Å²) in [6, 6.07) is 20.2. The second-order valence-corrected chi connectivity index (χ2v) is 7.66. The average molecular weight is 456 g/mol. The summed E-state index contributed by atoms with van der Waals surface area (Å²) in [6.45, 7) is 0.530. The lowest BCUT2D eigenvalue weighted by Gasteiger charge is -2.22. The first kappa shape index (κ1) is 23.3. The minimum absolute atomic E-state index is 0.0737. The molecule has 0 spiro atoms. The number of aliphatic carboxylic acids is 1. The molecule has 1 N–H and O–H groups in total. The number of hydrogen-bond acceptors (Lipinski definition) is 3. The van der Waals surface area contributed by atoms with Gasteiger partial charge >= 0.3 is 5.97 Å². The fourth-order valence-electron chi connectivity index (χ4n) is 3.15. The molecule has 166 valence electrons. The van der Waals surface area contributed by atoms with Gasteiger partial charge in [-0.15, -0.1) is 0 Å². The van der Waals surface area contributed by atoms with Gasteiger partial charge in [0.05, 0.1) is 6.42 Å². The van der Waals surface area contributed by atoms with Gasteiger partial charge in [-0.1, -0.05) is 41.9 Å². The molecular formula is C25H23ClFNO4.